The Hall–Kier alpha value is -2.74. The fourth-order valence-corrected chi connectivity index (χ4v) is 2.91. The molecule has 0 heterocycles. The number of nitrogens with one attached hydrogen (secondary N) is 2. The van der Waals surface area contributed by atoms with Crippen LogP contribution < -0.4 is 10.6 Å². The summed E-state index contributed by atoms with van der Waals surface area (Å²) in [7, 11) is 0. The number of rotatable bonds is 9. The van der Waals surface area contributed by atoms with Crippen LogP contribution in [0.25, 0.3) is 0 Å². The summed E-state index contributed by atoms with van der Waals surface area (Å²) in [5, 5.41) is 25.6. The van der Waals surface area contributed by atoms with Crippen LogP contribution in [-0.4, -0.2) is 34.5 Å². The Morgan fingerprint density at radius 3 is 2.69 bits per heavy atom. The molecule has 1 unspecified atom stereocenters. The van der Waals surface area contributed by atoms with E-state index in [0.717, 1.165) is 25.7 Å². The molecule has 0 aliphatic heterocycles. The topological polar surface area (TPSA) is 122 Å². The molecule has 8 nitrogen and oxygen atoms in total. The van der Waals surface area contributed by atoms with Crippen molar-refractivity contribution in [3.05, 3.63) is 46.0 Å². The van der Waals surface area contributed by atoms with Crippen LogP contribution in [-0.2, 0) is 9.59 Å². The number of amides is 1. The van der Waals surface area contributed by atoms with Crippen LogP contribution in [0.1, 0.15) is 38.5 Å². The van der Waals surface area contributed by atoms with Crippen molar-refractivity contribution in [3.8, 4) is 0 Å². The maximum Gasteiger partial charge on any atom is 0.321 e. The van der Waals surface area contributed by atoms with E-state index in [0.29, 0.717) is 6.54 Å². The number of nitrogens with zero attached hydrogens (tertiary/aromatic N) is 1. The van der Waals surface area contributed by atoms with Crippen molar-refractivity contribution in [2.75, 3.05) is 11.9 Å². The highest BCUT2D eigenvalue weighted by atomic mass is 16.6. The van der Waals surface area contributed by atoms with Crippen LogP contribution in [0.4, 0.5) is 11.4 Å². The highest BCUT2D eigenvalue weighted by Crippen LogP contribution is 2.23. The molecular formula is C18H23N3O5. The van der Waals surface area contributed by atoms with E-state index < -0.39 is 22.8 Å². The first-order valence-electron chi connectivity index (χ1n) is 8.64. The van der Waals surface area contributed by atoms with E-state index >= 15 is 0 Å². The maximum atomic E-state index is 12.1. The summed E-state index contributed by atoms with van der Waals surface area (Å²) in [6, 6.07) is 4.71. The predicted molar refractivity (Wildman–Crippen MR) is 96.9 cm³/mol. The zero-order chi connectivity index (χ0) is 18.9. The molecule has 1 aliphatic carbocycles. The molecule has 140 valence electrons. The third kappa shape index (κ3) is 5.96. The fraction of sp³-hybridized carbons (Fsp3) is 0.444. The summed E-state index contributed by atoms with van der Waals surface area (Å²) in [6.07, 6.45) is 7.11. The summed E-state index contributed by atoms with van der Waals surface area (Å²) in [6.45, 7) is 0.474. The Balaban J connectivity index is 1.88. The molecule has 0 aromatic heterocycles. The number of carbonyl (C=O) groups excluding carboxylic acids is 1. The van der Waals surface area contributed by atoms with Crippen LogP contribution in [0.5, 0.6) is 0 Å². The van der Waals surface area contributed by atoms with Gasteiger partial charge in [0.05, 0.1) is 11.3 Å². The van der Waals surface area contributed by atoms with Gasteiger partial charge in [0.2, 0.25) is 5.91 Å². The van der Waals surface area contributed by atoms with E-state index in [4.69, 9.17) is 0 Å². The van der Waals surface area contributed by atoms with E-state index in [-0.39, 0.29) is 17.8 Å². The van der Waals surface area contributed by atoms with E-state index in [1.165, 1.54) is 30.2 Å². The largest absolute Gasteiger partial charge is 0.480 e. The number of carbonyl (C=O) groups is 2. The van der Waals surface area contributed by atoms with Crippen molar-refractivity contribution >= 4 is 23.3 Å². The number of carboxylic acid groups (broad SMARTS) is 1. The lowest BCUT2D eigenvalue weighted by Gasteiger charge is -2.16. The quantitative estimate of drug-likeness (QED) is 0.353. The first kappa shape index (κ1) is 19.6. The molecule has 1 aromatic rings. The number of hydrogen-bond acceptors (Lipinski definition) is 5. The molecule has 0 saturated carbocycles. The Bertz CT molecular complexity index is 702. The molecular weight excluding hydrogens is 338 g/mol. The fourth-order valence-electron chi connectivity index (χ4n) is 2.91. The van der Waals surface area contributed by atoms with E-state index in [9.17, 15) is 24.8 Å². The second-order valence-corrected chi connectivity index (χ2v) is 6.23. The smallest absolute Gasteiger partial charge is 0.321 e. The molecule has 1 amide bonds. The minimum absolute atomic E-state index is 0.0546. The van der Waals surface area contributed by atoms with Crippen molar-refractivity contribution in [1.82, 2.24) is 5.32 Å². The van der Waals surface area contributed by atoms with Crippen molar-refractivity contribution < 1.29 is 19.6 Å². The SMILES string of the molecule is O=C(CC(NCCC1=CCCCC1)C(=O)O)Nc1ccccc1[N+](=O)[O-]. The van der Waals surface area contributed by atoms with Gasteiger partial charge in [0.1, 0.15) is 11.7 Å². The first-order valence-corrected chi connectivity index (χ1v) is 8.64. The minimum Gasteiger partial charge on any atom is -0.480 e. The lowest BCUT2D eigenvalue weighted by molar-refractivity contribution is -0.383. The van der Waals surface area contributed by atoms with Crippen LogP contribution in [0, 0.1) is 10.1 Å². The highest BCUT2D eigenvalue weighted by Gasteiger charge is 2.22. The van der Waals surface area contributed by atoms with Crippen LogP contribution in [0.3, 0.4) is 0 Å². The Labute approximate surface area is 151 Å². The molecule has 1 atom stereocenters. The van der Waals surface area contributed by atoms with Gasteiger partial charge in [0.15, 0.2) is 0 Å². The number of carboxylic acids is 1. The molecule has 3 N–H and O–H groups in total. The van der Waals surface area contributed by atoms with Crippen molar-refractivity contribution in [1.29, 1.82) is 0 Å². The number of hydrogen-bond donors (Lipinski definition) is 3. The summed E-state index contributed by atoms with van der Waals surface area (Å²) < 4.78 is 0. The van der Waals surface area contributed by atoms with E-state index in [2.05, 4.69) is 16.7 Å². The summed E-state index contributed by atoms with van der Waals surface area (Å²) in [5.41, 5.74) is 1.14. The summed E-state index contributed by atoms with van der Waals surface area (Å²) in [4.78, 5) is 33.9. The average molecular weight is 361 g/mol. The molecule has 0 spiro atoms. The van der Waals surface area contributed by atoms with Gasteiger partial charge >= 0.3 is 5.97 Å². The number of benzene rings is 1. The molecule has 1 aliphatic rings. The third-order valence-corrected chi connectivity index (χ3v) is 4.28. The van der Waals surface area contributed by atoms with Gasteiger partial charge in [-0.15, -0.1) is 0 Å². The molecule has 0 radical (unpaired) electrons. The molecule has 2 rings (SSSR count). The molecule has 0 saturated heterocycles. The Kier molecular flexibility index (Phi) is 7.28. The first-order chi connectivity index (χ1) is 12.5. The molecule has 0 fully saturated rings. The second-order valence-electron chi connectivity index (χ2n) is 6.23. The van der Waals surface area contributed by atoms with Gasteiger partial charge in [-0.2, -0.15) is 0 Å². The van der Waals surface area contributed by atoms with Gasteiger partial charge in [-0.05, 0) is 44.7 Å². The van der Waals surface area contributed by atoms with Gasteiger partial charge < -0.3 is 15.7 Å². The number of allylic oxidation sites excluding steroid dienone is 1. The number of aliphatic carboxylic acids is 1. The molecule has 0 bridgehead atoms. The van der Waals surface area contributed by atoms with Crippen molar-refractivity contribution in [2.45, 2.75) is 44.6 Å². The minimum atomic E-state index is -1.12. The summed E-state index contributed by atoms with van der Waals surface area (Å²) in [5.74, 6) is -1.71. The van der Waals surface area contributed by atoms with Crippen LogP contribution >= 0.6 is 0 Å². The molecule has 8 heteroatoms. The highest BCUT2D eigenvalue weighted by molar-refractivity contribution is 5.95. The Morgan fingerprint density at radius 2 is 2.04 bits per heavy atom. The molecule has 26 heavy (non-hydrogen) atoms. The number of anilines is 1. The standard InChI is InChI=1S/C18H23N3O5/c22-17(20-14-8-4-5-9-16(14)21(25)26)12-15(18(23)24)19-11-10-13-6-2-1-3-7-13/h4-6,8-9,15,19H,1-3,7,10-12H2,(H,20,22)(H,23,24). The maximum absolute atomic E-state index is 12.1. The number of nitro benzene ring substituents is 1. The number of nitro groups is 1. The van der Waals surface area contributed by atoms with Gasteiger partial charge in [-0.3, -0.25) is 19.7 Å². The lowest BCUT2D eigenvalue weighted by atomic mass is 9.97. The summed E-state index contributed by atoms with van der Waals surface area (Å²) >= 11 is 0. The predicted octanol–water partition coefficient (Wildman–Crippen LogP) is 2.86. The normalized spacial score (nSPS) is 15.0. The zero-order valence-electron chi connectivity index (χ0n) is 14.4. The average Bonchev–Trinajstić information content (AvgIpc) is 2.62. The van der Waals surface area contributed by atoms with Crippen LogP contribution in [0.15, 0.2) is 35.9 Å². The number of para-hydroxylation sites is 2. The van der Waals surface area contributed by atoms with Gasteiger partial charge in [0, 0.05) is 6.07 Å². The molecule has 1 aromatic carbocycles. The lowest BCUT2D eigenvalue weighted by Crippen LogP contribution is -2.40. The zero-order valence-corrected chi connectivity index (χ0v) is 14.4. The van der Waals surface area contributed by atoms with Gasteiger partial charge in [0.25, 0.3) is 5.69 Å². The van der Waals surface area contributed by atoms with E-state index in [1.54, 1.807) is 6.07 Å². The van der Waals surface area contributed by atoms with Crippen molar-refractivity contribution in [3.63, 3.8) is 0 Å². The van der Waals surface area contributed by atoms with E-state index in [1.807, 2.05) is 0 Å². The second kappa shape index (κ2) is 9.67. The monoisotopic (exact) mass is 361 g/mol. The van der Waals surface area contributed by atoms with Crippen molar-refractivity contribution in [2.24, 2.45) is 0 Å². The van der Waals surface area contributed by atoms with Crippen LogP contribution in [0.2, 0.25) is 0 Å². The Morgan fingerprint density at radius 1 is 1.27 bits per heavy atom. The third-order valence-electron chi connectivity index (χ3n) is 4.28. The van der Waals surface area contributed by atoms with Gasteiger partial charge in [-0.1, -0.05) is 23.8 Å². The van der Waals surface area contributed by atoms with Gasteiger partial charge in [-0.25, -0.2) is 0 Å².